The molecule has 0 aromatic heterocycles. The summed E-state index contributed by atoms with van der Waals surface area (Å²) in [6.45, 7) is 4.12. The van der Waals surface area contributed by atoms with Crippen molar-refractivity contribution in [3.63, 3.8) is 0 Å². The first-order chi connectivity index (χ1) is 6.75. The number of urea groups is 1. The molecule has 1 saturated carbocycles. The van der Waals surface area contributed by atoms with E-state index in [4.69, 9.17) is 0 Å². The number of carbonyl (C=O) groups is 1. The van der Waals surface area contributed by atoms with E-state index in [0.29, 0.717) is 12.0 Å². The summed E-state index contributed by atoms with van der Waals surface area (Å²) >= 11 is 0. The van der Waals surface area contributed by atoms with Crippen molar-refractivity contribution in [1.82, 2.24) is 10.2 Å². The third-order valence-electron chi connectivity index (χ3n) is 3.38. The quantitative estimate of drug-likeness (QED) is 0.683. The molecule has 1 unspecified atom stereocenters. The molecule has 1 N–H and O–H groups in total. The molecule has 0 bridgehead atoms. The van der Waals surface area contributed by atoms with Gasteiger partial charge in [-0.1, -0.05) is 6.92 Å². The van der Waals surface area contributed by atoms with E-state index < -0.39 is 0 Å². The van der Waals surface area contributed by atoms with Crippen LogP contribution in [0, 0.1) is 5.92 Å². The maximum atomic E-state index is 11.8. The fourth-order valence-electron chi connectivity index (χ4n) is 2.19. The molecule has 1 saturated heterocycles. The van der Waals surface area contributed by atoms with Crippen LogP contribution in [0.5, 0.6) is 0 Å². The van der Waals surface area contributed by atoms with Crippen LogP contribution in [0.25, 0.3) is 0 Å². The van der Waals surface area contributed by atoms with Crippen LogP contribution >= 0.6 is 0 Å². The van der Waals surface area contributed by atoms with Gasteiger partial charge in [0.25, 0.3) is 0 Å². The van der Waals surface area contributed by atoms with Gasteiger partial charge in [-0.25, -0.2) is 4.79 Å². The maximum Gasteiger partial charge on any atom is 0.317 e. The van der Waals surface area contributed by atoms with Crippen molar-refractivity contribution in [3.05, 3.63) is 0 Å². The van der Waals surface area contributed by atoms with Gasteiger partial charge < -0.3 is 10.2 Å². The van der Waals surface area contributed by atoms with Crippen LogP contribution in [0.15, 0.2) is 0 Å². The zero-order chi connectivity index (χ0) is 9.97. The summed E-state index contributed by atoms with van der Waals surface area (Å²) in [6, 6.07) is 0.640. The lowest BCUT2D eigenvalue weighted by atomic mass is 9.93. The Hall–Kier alpha value is -0.730. The predicted octanol–water partition coefficient (Wildman–Crippen LogP) is 1.98. The molecule has 0 spiro atoms. The summed E-state index contributed by atoms with van der Waals surface area (Å²) in [6.07, 6.45) is 6.07. The van der Waals surface area contributed by atoms with Crippen molar-refractivity contribution in [2.45, 2.75) is 45.1 Å². The summed E-state index contributed by atoms with van der Waals surface area (Å²) in [5.41, 5.74) is 0. The minimum atomic E-state index is 0.168. The Balaban J connectivity index is 1.77. The van der Waals surface area contributed by atoms with Crippen molar-refractivity contribution in [2.75, 3.05) is 13.1 Å². The molecular weight excluding hydrogens is 176 g/mol. The molecular formula is C11H20N2O. The summed E-state index contributed by atoms with van der Waals surface area (Å²) in [5.74, 6) is 0.677. The van der Waals surface area contributed by atoms with Crippen molar-refractivity contribution in [1.29, 1.82) is 0 Å². The van der Waals surface area contributed by atoms with Crippen molar-refractivity contribution in [3.8, 4) is 0 Å². The Kier molecular flexibility index (Phi) is 2.94. The lowest BCUT2D eigenvalue weighted by Crippen LogP contribution is -2.50. The van der Waals surface area contributed by atoms with Gasteiger partial charge in [-0.15, -0.1) is 0 Å². The lowest BCUT2D eigenvalue weighted by Gasteiger charge is -2.34. The first-order valence-corrected chi connectivity index (χ1v) is 5.81. The van der Waals surface area contributed by atoms with Crippen LogP contribution in [0.1, 0.15) is 39.0 Å². The van der Waals surface area contributed by atoms with Crippen LogP contribution in [0.3, 0.4) is 0 Å². The largest absolute Gasteiger partial charge is 0.335 e. The molecule has 1 aliphatic carbocycles. The highest BCUT2D eigenvalue weighted by Crippen LogP contribution is 2.20. The van der Waals surface area contributed by atoms with Crippen LogP contribution in [-0.4, -0.2) is 30.1 Å². The average Bonchev–Trinajstić information content (AvgIpc) is 2.11. The molecule has 2 fully saturated rings. The predicted molar refractivity (Wildman–Crippen MR) is 56.1 cm³/mol. The number of hydrogen-bond acceptors (Lipinski definition) is 1. The Morgan fingerprint density at radius 1 is 1.29 bits per heavy atom. The van der Waals surface area contributed by atoms with Crippen LogP contribution in [-0.2, 0) is 0 Å². The van der Waals surface area contributed by atoms with Crippen molar-refractivity contribution >= 4 is 6.03 Å². The standard InChI is InChI=1S/C11H20N2O/c1-9-4-3-7-13(8-9)11(14)12-10-5-2-6-10/h9-10H,2-8H2,1H3,(H,12,14). The van der Waals surface area contributed by atoms with Gasteiger partial charge in [0.2, 0.25) is 0 Å². The van der Waals surface area contributed by atoms with Gasteiger partial charge in [-0.2, -0.15) is 0 Å². The first kappa shape index (κ1) is 9.81. The number of rotatable bonds is 1. The highest BCUT2D eigenvalue weighted by Gasteiger charge is 2.25. The molecule has 2 aliphatic rings. The van der Waals surface area contributed by atoms with E-state index in [1.807, 2.05) is 4.90 Å². The van der Waals surface area contributed by atoms with E-state index >= 15 is 0 Å². The smallest absolute Gasteiger partial charge is 0.317 e. The van der Waals surface area contributed by atoms with Crippen molar-refractivity contribution in [2.24, 2.45) is 5.92 Å². The molecule has 0 aromatic rings. The maximum absolute atomic E-state index is 11.8. The second kappa shape index (κ2) is 4.20. The third-order valence-corrected chi connectivity index (χ3v) is 3.38. The van der Waals surface area contributed by atoms with E-state index in [-0.39, 0.29) is 6.03 Å². The summed E-state index contributed by atoms with van der Waals surface area (Å²) in [4.78, 5) is 13.7. The average molecular weight is 196 g/mol. The van der Waals surface area contributed by atoms with Crippen LogP contribution < -0.4 is 5.32 Å². The number of nitrogens with zero attached hydrogens (tertiary/aromatic N) is 1. The summed E-state index contributed by atoms with van der Waals surface area (Å²) in [5, 5.41) is 3.09. The van der Waals surface area contributed by atoms with Gasteiger partial charge in [0.1, 0.15) is 0 Å². The monoisotopic (exact) mass is 196 g/mol. The van der Waals surface area contributed by atoms with E-state index in [1.54, 1.807) is 0 Å². The highest BCUT2D eigenvalue weighted by atomic mass is 16.2. The lowest BCUT2D eigenvalue weighted by molar-refractivity contribution is 0.161. The number of piperidine rings is 1. The topological polar surface area (TPSA) is 32.3 Å². The molecule has 2 rings (SSSR count). The van der Waals surface area contributed by atoms with Gasteiger partial charge in [0, 0.05) is 19.1 Å². The fraction of sp³-hybridized carbons (Fsp3) is 0.909. The summed E-state index contributed by atoms with van der Waals surface area (Å²) in [7, 11) is 0. The third kappa shape index (κ3) is 2.20. The van der Waals surface area contributed by atoms with Gasteiger partial charge in [0.15, 0.2) is 0 Å². The first-order valence-electron chi connectivity index (χ1n) is 5.81. The van der Waals surface area contributed by atoms with Gasteiger partial charge >= 0.3 is 6.03 Å². The van der Waals surface area contributed by atoms with Crippen molar-refractivity contribution < 1.29 is 4.79 Å². The second-order valence-electron chi connectivity index (χ2n) is 4.77. The Morgan fingerprint density at radius 3 is 2.64 bits per heavy atom. The molecule has 2 amide bonds. The van der Waals surface area contributed by atoms with Gasteiger partial charge in [-0.05, 0) is 38.0 Å². The number of likely N-dealkylation sites (tertiary alicyclic amines) is 1. The van der Waals surface area contributed by atoms with E-state index in [9.17, 15) is 4.79 Å². The van der Waals surface area contributed by atoms with E-state index in [2.05, 4.69) is 12.2 Å². The molecule has 14 heavy (non-hydrogen) atoms. The number of hydrogen-bond donors (Lipinski definition) is 1. The van der Waals surface area contributed by atoms with Crippen LogP contribution in [0.4, 0.5) is 4.79 Å². The molecule has 3 nitrogen and oxygen atoms in total. The number of amides is 2. The number of nitrogens with one attached hydrogen (secondary N) is 1. The zero-order valence-corrected chi connectivity index (χ0v) is 8.96. The molecule has 3 heteroatoms. The molecule has 0 radical (unpaired) electrons. The molecule has 80 valence electrons. The highest BCUT2D eigenvalue weighted by molar-refractivity contribution is 5.74. The van der Waals surface area contributed by atoms with Gasteiger partial charge in [0.05, 0.1) is 0 Å². The Morgan fingerprint density at radius 2 is 2.07 bits per heavy atom. The van der Waals surface area contributed by atoms with E-state index in [1.165, 1.54) is 32.1 Å². The molecule has 1 atom stereocenters. The van der Waals surface area contributed by atoms with Crippen LogP contribution in [0.2, 0.25) is 0 Å². The summed E-state index contributed by atoms with van der Waals surface area (Å²) < 4.78 is 0. The minimum absolute atomic E-state index is 0.168. The van der Waals surface area contributed by atoms with Gasteiger partial charge in [-0.3, -0.25) is 0 Å². The SMILES string of the molecule is CC1CCCN(C(=O)NC2CCC2)C1. The Bertz CT molecular complexity index is 213. The fourth-order valence-corrected chi connectivity index (χ4v) is 2.19. The second-order valence-corrected chi connectivity index (χ2v) is 4.77. The Labute approximate surface area is 85.8 Å². The minimum Gasteiger partial charge on any atom is -0.335 e. The molecule has 0 aromatic carbocycles. The van der Waals surface area contributed by atoms with E-state index in [0.717, 1.165) is 13.1 Å². The molecule has 1 aliphatic heterocycles. The molecule has 1 heterocycles. The number of carbonyl (C=O) groups excluding carboxylic acids is 1. The zero-order valence-electron chi connectivity index (χ0n) is 8.96. The normalized spacial score (nSPS) is 28.4.